The lowest BCUT2D eigenvalue weighted by Gasteiger charge is -2.46. The number of ether oxygens (including phenoxy) is 3. The molecule has 6 atom stereocenters. The number of carbonyl (C=O) groups is 4. The lowest BCUT2D eigenvalue weighted by molar-refractivity contribution is -0.385. The van der Waals surface area contributed by atoms with E-state index in [4.69, 9.17) is 14.2 Å². The Kier molecular flexibility index (Phi) is 12.0. The highest BCUT2D eigenvalue weighted by atomic mass is 32.2. The quantitative estimate of drug-likeness (QED) is 0.103. The minimum Gasteiger partial charge on any atom is -0.477 e. The van der Waals surface area contributed by atoms with Gasteiger partial charge in [0.2, 0.25) is 5.91 Å². The number of carbonyl (C=O) groups excluding carboxylic acids is 3. The minimum atomic E-state index is -1.26. The zero-order valence-corrected chi connectivity index (χ0v) is 28.9. The molecule has 3 N–H and O–H groups in total. The number of nitrogens with one attached hydrogen (secondary N) is 1. The molecule has 3 aliphatic heterocycles. The first-order chi connectivity index (χ1) is 24.8. The van der Waals surface area contributed by atoms with Crippen LogP contribution in [0.25, 0.3) is 0 Å². The number of aliphatic carboxylic acids is 1. The Hall–Kier alpha value is -5.27. The molecule has 0 unspecified atom stereocenters. The number of carboxylic acids is 1. The van der Waals surface area contributed by atoms with Crippen molar-refractivity contribution in [2.24, 2.45) is 11.8 Å². The standard InChI is InChI=1S/C33H37N5O13S/c1-18-27-26(19(2)39)30(40)36(27)28(31(41)42)29(18)52-25-13-24(35(14-25)33(44)51-16-21-5-9-23(10-6-21)38(47)48)17-49-12-11-34-32(43)50-15-20-3-7-22(8-4-20)37(45)46/h3-10,18-19,24-27,39H,11-17H2,1-2H3,(H,34,43)(H,41,42)/t18-,19-,24+,25+,26-,27-/m1/s1. The molecule has 52 heavy (non-hydrogen) atoms. The number of aliphatic hydroxyl groups excluding tert-OH is 1. The van der Waals surface area contributed by atoms with E-state index in [1.54, 1.807) is 0 Å². The number of alkyl carbamates (subject to hydrolysis) is 1. The van der Waals surface area contributed by atoms with E-state index in [1.807, 2.05) is 6.92 Å². The summed E-state index contributed by atoms with van der Waals surface area (Å²) in [5.41, 5.74) is 0.769. The van der Waals surface area contributed by atoms with Gasteiger partial charge >= 0.3 is 18.2 Å². The molecule has 2 fully saturated rings. The summed E-state index contributed by atoms with van der Waals surface area (Å²) < 4.78 is 16.5. The Balaban J connectivity index is 1.18. The van der Waals surface area contributed by atoms with Crippen LogP contribution in [0.15, 0.2) is 59.1 Å². The zero-order chi connectivity index (χ0) is 37.7. The molecule has 3 amide bonds. The van der Waals surface area contributed by atoms with E-state index < -0.39 is 58.0 Å². The van der Waals surface area contributed by atoms with E-state index in [2.05, 4.69) is 5.32 Å². The van der Waals surface area contributed by atoms with Crippen molar-refractivity contribution in [2.45, 2.75) is 56.9 Å². The van der Waals surface area contributed by atoms with Gasteiger partial charge < -0.3 is 39.5 Å². The average molecular weight is 744 g/mol. The average Bonchev–Trinajstić information content (AvgIpc) is 3.62. The molecule has 0 bridgehead atoms. The van der Waals surface area contributed by atoms with E-state index in [0.717, 1.165) is 0 Å². The van der Waals surface area contributed by atoms with Gasteiger partial charge in [-0.3, -0.25) is 25.0 Å². The number of non-ortho nitro benzene ring substituents is 2. The number of hydrogen-bond acceptors (Lipinski definition) is 13. The number of nitro groups is 2. The molecule has 5 rings (SSSR count). The Labute approximate surface area is 301 Å². The molecule has 278 valence electrons. The van der Waals surface area contributed by atoms with Crippen LogP contribution in [0.2, 0.25) is 0 Å². The highest BCUT2D eigenvalue weighted by Crippen LogP contribution is 2.52. The van der Waals surface area contributed by atoms with E-state index in [1.165, 1.54) is 77.0 Å². The summed E-state index contributed by atoms with van der Waals surface area (Å²) in [7, 11) is 0. The number of carboxylic acid groups (broad SMARTS) is 1. The van der Waals surface area contributed by atoms with Crippen LogP contribution in [0.5, 0.6) is 0 Å². The molecule has 0 saturated carbocycles. The molecular formula is C33H37N5O13S. The number of nitrogens with zero attached hydrogens (tertiary/aromatic N) is 4. The van der Waals surface area contributed by atoms with Gasteiger partial charge in [0, 0.05) is 53.4 Å². The number of rotatable bonds is 15. The molecule has 2 saturated heterocycles. The Morgan fingerprint density at radius 3 is 2.12 bits per heavy atom. The van der Waals surface area contributed by atoms with Crippen LogP contribution in [0.1, 0.15) is 31.4 Å². The third kappa shape index (κ3) is 8.43. The van der Waals surface area contributed by atoms with Crippen LogP contribution >= 0.6 is 11.8 Å². The van der Waals surface area contributed by atoms with Gasteiger partial charge in [0.25, 0.3) is 11.4 Å². The summed E-state index contributed by atoms with van der Waals surface area (Å²) in [6, 6.07) is 10.1. The fourth-order valence-corrected chi connectivity index (χ4v) is 8.06. The lowest BCUT2D eigenvalue weighted by Crippen LogP contribution is -2.63. The number of likely N-dealkylation sites (tertiary alicyclic amines) is 1. The van der Waals surface area contributed by atoms with Gasteiger partial charge in [-0.1, -0.05) is 6.92 Å². The van der Waals surface area contributed by atoms with Crippen LogP contribution in [0.4, 0.5) is 21.0 Å². The summed E-state index contributed by atoms with van der Waals surface area (Å²) >= 11 is 1.27. The Bertz CT molecular complexity index is 1740. The van der Waals surface area contributed by atoms with Gasteiger partial charge in [-0.15, -0.1) is 11.8 Å². The largest absolute Gasteiger partial charge is 0.477 e. The summed E-state index contributed by atoms with van der Waals surface area (Å²) in [5.74, 6) is -2.79. The number of aliphatic hydroxyl groups is 1. The lowest BCUT2D eigenvalue weighted by atomic mass is 9.79. The normalized spacial score (nSPS) is 22.8. The molecule has 19 heteroatoms. The second kappa shape index (κ2) is 16.4. The molecule has 2 aromatic rings. The van der Waals surface area contributed by atoms with Crippen LogP contribution in [-0.4, -0.2) is 104 Å². The fourth-order valence-electron chi connectivity index (χ4n) is 6.50. The molecular weight excluding hydrogens is 706 g/mol. The van der Waals surface area contributed by atoms with Crippen molar-refractivity contribution >= 4 is 47.2 Å². The van der Waals surface area contributed by atoms with E-state index >= 15 is 0 Å². The maximum atomic E-state index is 13.4. The van der Waals surface area contributed by atoms with Crippen molar-refractivity contribution in [3.63, 3.8) is 0 Å². The summed E-state index contributed by atoms with van der Waals surface area (Å²) in [4.78, 5) is 74.5. The molecule has 0 radical (unpaired) electrons. The predicted molar refractivity (Wildman–Crippen MR) is 182 cm³/mol. The van der Waals surface area contributed by atoms with Crippen LogP contribution < -0.4 is 5.32 Å². The van der Waals surface area contributed by atoms with Gasteiger partial charge in [0.1, 0.15) is 18.9 Å². The molecule has 18 nitrogen and oxygen atoms in total. The number of thioether (sulfide) groups is 1. The maximum Gasteiger partial charge on any atom is 0.410 e. The highest BCUT2D eigenvalue weighted by Gasteiger charge is 2.60. The minimum absolute atomic E-state index is 0.0426. The number of fused-ring (bicyclic) bond motifs is 1. The van der Waals surface area contributed by atoms with Crippen molar-refractivity contribution in [2.75, 3.05) is 26.3 Å². The van der Waals surface area contributed by atoms with Gasteiger partial charge in [-0.2, -0.15) is 0 Å². The molecule has 0 aromatic heterocycles. The van der Waals surface area contributed by atoms with Crippen LogP contribution in [0.3, 0.4) is 0 Å². The second-order valence-electron chi connectivity index (χ2n) is 12.5. The van der Waals surface area contributed by atoms with Gasteiger partial charge in [-0.05, 0) is 48.7 Å². The monoisotopic (exact) mass is 743 g/mol. The fraction of sp³-hybridized carbons (Fsp3) is 0.455. The van der Waals surface area contributed by atoms with Crippen molar-refractivity contribution in [3.05, 3.63) is 90.5 Å². The molecule has 0 spiro atoms. The van der Waals surface area contributed by atoms with Crippen molar-refractivity contribution in [1.29, 1.82) is 0 Å². The first-order valence-corrected chi connectivity index (χ1v) is 17.2. The van der Waals surface area contributed by atoms with Crippen molar-refractivity contribution in [3.8, 4) is 0 Å². The Morgan fingerprint density at radius 1 is 1.00 bits per heavy atom. The zero-order valence-electron chi connectivity index (χ0n) is 28.1. The number of amides is 3. The molecule has 3 heterocycles. The topological polar surface area (TPSA) is 241 Å². The van der Waals surface area contributed by atoms with E-state index in [0.29, 0.717) is 22.5 Å². The van der Waals surface area contributed by atoms with Crippen LogP contribution in [-0.2, 0) is 37.0 Å². The maximum absolute atomic E-state index is 13.4. The SMILES string of the molecule is C[C@@H](O)[C@H]1C(=O)N2C(C(=O)O)=C(S[C@H]3C[C@@H](COCCNC(=O)OCc4ccc([N+](=O)[O-])cc4)N(C(=O)OCc4ccc([N+](=O)[O-])cc4)C3)[C@H](C)[C@H]12. The summed E-state index contributed by atoms with van der Waals surface area (Å²) in [6.45, 7) is 3.37. The molecule has 2 aromatic carbocycles. The third-order valence-corrected chi connectivity index (χ3v) is 10.6. The van der Waals surface area contributed by atoms with Gasteiger partial charge in [0.15, 0.2) is 0 Å². The van der Waals surface area contributed by atoms with E-state index in [-0.39, 0.29) is 67.8 Å². The first kappa shape index (κ1) is 38.0. The van der Waals surface area contributed by atoms with Crippen molar-refractivity contribution in [1.82, 2.24) is 15.1 Å². The first-order valence-electron chi connectivity index (χ1n) is 16.3. The second-order valence-corrected chi connectivity index (χ2v) is 13.9. The molecule has 3 aliphatic rings. The number of β-lactam (4-membered cyclic amide) rings is 1. The third-order valence-electron chi connectivity index (χ3n) is 9.07. The van der Waals surface area contributed by atoms with Gasteiger partial charge in [0.05, 0.1) is 47.2 Å². The predicted octanol–water partition coefficient (Wildman–Crippen LogP) is 3.41. The number of nitro benzene ring substituents is 2. The summed E-state index contributed by atoms with van der Waals surface area (Å²) in [5, 5.41) is 44.3. The van der Waals surface area contributed by atoms with Crippen LogP contribution in [0, 0.1) is 32.1 Å². The highest BCUT2D eigenvalue weighted by molar-refractivity contribution is 8.03. The van der Waals surface area contributed by atoms with E-state index in [9.17, 15) is 49.6 Å². The van der Waals surface area contributed by atoms with Gasteiger partial charge in [-0.25, -0.2) is 14.4 Å². The number of hydrogen-bond donors (Lipinski definition) is 3. The number of benzene rings is 2. The molecule has 0 aliphatic carbocycles. The summed E-state index contributed by atoms with van der Waals surface area (Å²) in [6.07, 6.45) is -1.98. The smallest absolute Gasteiger partial charge is 0.410 e. The Morgan fingerprint density at radius 2 is 1.58 bits per heavy atom. The van der Waals surface area contributed by atoms with Crippen molar-refractivity contribution < 1.29 is 53.4 Å².